The minimum absolute atomic E-state index is 0.00536. The van der Waals surface area contributed by atoms with Crippen molar-refractivity contribution in [1.82, 2.24) is 15.3 Å². The summed E-state index contributed by atoms with van der Waals surface area (Å²) in [6, 6.07) is 0. The van der Waals surface area contributed by atoms with Gasteiger partial charge in [-0.2, -0.15) is 0 Å². The number of carbonyl (C=O) groups is 2. The van der Waals surface area contributed by atoms with Gasteiger partial charge in [-0.15, -0.1) is 4.41 Å². The quantitative estimate of drug-likeness (QED) is 0.276. The third kappa shape index (κ3) is 9.88. The van der Waals surface area contributed by atoms with Crippen LogP contribution in [0.25, 0.3) is 0 Å². The number of nitrogens with zero attached hydrogens (tertiary/aromatic N) is 1. The SMILES string of the molecule is CC(C)=CC[C@H](C(=O)NO)C(CC(C)C)C(=O)NN(CC(C)C)S(C)(=O)=O. The number of sulfonamides is 1. The zero-order valence-electron chi connectivity index (χ0n) is 17.4. The van der Waals surface area contributed by atoms with Crippen molar-refractivity contribution in [2.24, 2.45) is 23.7 Å². The molecule has 0 aliphatic rings. The van der Waals surface area contributed by atoms with Gasteiger partial charge in [0.2, 0.25) is 21.8 Å². The van der Waals surface area contributed by atoms with E-state index in [0.717, 1.165) is 16.2 Å². The Morgan fingerprint density at radius 3 is 1.96 bits per heavy atom. The molecule has 3 N–H and O–H groups in total. The third-order valence-electron chi connectivity index (χ3n) is 3.94. The van der Waals surface area contributed by atoms with E-state index in [1.807, 2.05) is 47.6 Å². The van der Waals surface area contributed by atoms with Gasteiger partial charge in [0.1, 0.15) is 0 Å². The number of nitrogens with one attached hydrogen (secondary N) is 2. The van der Waals surface area contributed by atoms with Crippen LogP contribution < -0.4 is 10.9 Å². The van der Waals surface area contributed by atoms with E-state index in [1.165, 1.54) is 0 Å². The molecule has 0 saturated heterocycles. The number of hydroxylamine groups is 1. The van der Waals surface area contributed by atoms with Gasteiger partial charge in [0.05, 0.1) is 18.1 Å². The van der Waals surface area contributed by atoms with Crippen molar-refractivity contribution in [2.75, 3.05) is 12.8 Å². The maximum absolute atomic E-state index is 12.9. The number of carbonyl (C=O) groups excluding carboxylic acids is 2. The lowest BCUT2D eigenvalue weighted by atomic mass is 9.82. The van der Waals surface area contributed by atoms with E-state index in [-0.39, 0.29) is 24.8 Å². The molecule has 0 aliphatic carbocycles. The molecule has 2 atom stereocenters. The molecule has 158 valence electrons. The molecule has 8 nitrogen and oxygen atoms in total. The van der Waals surface area contributed by atoms with Crippen molar-refractivity contribution in [1.29, 1.82) is 0 Å². The molecule has 0 aromatic carbocycles. The van der Waals surface area contributed by atoms with Gasteiger partial charge in [0, 0.05) is 6.54 Å². The molecule has 0 aromatic heterocycles. The fourth-order valence-corrected chi connectivity index (χ4v) is 3.49. The van der Waals surface area contributed by atoms with Crippen molar-refractivity contribution < 1.29 is 23.2 Å². The summed E-state index contributed by atoms with van der Waals surface area (Å²) < 4.78 is 24.9. The first-order valence-electron chi connectivity index (χ1n) is 9.15. The van der Waals surface area contributed by atoms with E-state index in [2.05, 4.69) is 5.43 Å². The van der Waals surface area contributed by atoms with Crippen LogP contribution in [0.4, 0.5) is 0 Å². The molecule has 0 fully saturated rings. The summed E-state index contributed by atoms with van der Waals surface area (Å²) in [7, 11) is -3.65. The first-order valence-corrected chi connectivity index (χ1v) is 11.0. The molecular weight excluding hydrogens is 370 g/mol. The Kier molecular flexibility index (Phi) is 10.8. The highest BCUT2D eigenvalue weighted by Crippen LogP contribution is 2.26. The summed E-state index contributed by atoms with van der Waals surface area (Å²) >= 11 is 0. The summed E-state index contributed by atoms with van der Waals surface area (Å²) in [6.45, 7) is 11.4. The van der Waals surface area contributed by atoms with Crippen LogP contribution in [0.5, 0.6) is 0 Å². The average molecular weight is 406 g/mol. The third-order valence-corrected chi connectivity index (χ3v) is 4.98. The predicted octanol–water partition coefficient (Wildman–Crippen LogP) is 2.08. The Morgan fingerprint density at radius 2 is 1.59 bits per heavy atom. The van der Waals surface area contributed by atoms with Crippen LogP contribution in [0.3, 0.4) is 0 Å². The molecule has 0 spiro atoms. The molecule has 0 bridgehead atoms. The summed E-state index contributed by atoms with van der Waals surface area (Å²) in [4.78, 5) is 25.1. The normalized spacial score (nSPS) is 14.2. The largest absolute Gasteiger partial charge is 0.289 e. The van der Waals surface area contributed by atoms with Crippen LogP contribution >= 0.6 is 0 Å². The summed E-state index contributed by atoms with van der Waals surface area (Å²) in [5.74, 6) is -2.71. The van der Waals surface area contributed by atoms with Crippen LogP contribution in [0.1, 0.15) is 54.4 Å². The van der Waals surface area contributed by atoms with Crippen LogP contribution in [-0.4, -0.2) is 42.7 Å². The minimum Gasteiger partial charge on any atom is -0.289 e. The molecule has 0 rings (SSSR count). The number of hydrazine groups is 1. The maximum Gasteiger partial charge on any atom is 0.247 e. The van der Waals surface area contributed by atoms with Crippen molar-refractivity contribution >= 4 is 21.8 Å². The van der Waals surface area contributed by atoms with Gasteiger partial charge < -0.3 is 0 Å². The lowest BCUT2D eigenvalue weighted by Crippen LogP contribution is -2.51. The van der Waals surface area contributed by atoms with Crippen molar-refractivity contribution in [2.45, 2.75) is 54.4 Å². The van der Waals surface area contributed by atoms with E-state index >= 15 is 0 Å². The van der Waals surface area contributed by atoms with E-state index < -0.39 is 33.7 Å². The van der Waals surface area contributed by atoms with Gasteiger partial charge in [-0.1, -0.05) is 39.3 Å². The first-order chi connectivity index (χ1) is 12.3. The lowest BCUT2D eigenvalue weighted by molar-refractivity contribution is -0.142. The fourth-order valence-electron chi connectivity index (χ4n) is 2.66. The molecule has 2 amide bonds. The Balaban J connectivity index is 5.75. The second-order valence-electron chi connectivity index (χ2n) is 8.00. The molecule has 9 heteroatoms. The highest BCUT2D eigenvalue weighted by Gasteiger charge is 2.35. The van der Waals surface area contributed by atoms with E-state index in [4.69, 9.17) is 5.21 Å². The Hall–Kier alpha value is -1.45. The van der Waals surface area contributed by atoms with Crippen LogP contribution in [-0.2, 0) is 19.6 Å². The molecule has 0 aromatic rings. The van der Waals surface area contributed by atoms with E-state index in [1.54, 1.807) is 5.48 Å². The van der Waals surface area contributed by atoms with Gasteiger partial charge in [-0.3, -0.25) is 20.2 Å². The van der Waals surface area contributed by atoms with Crippen LogP contribution in [0.15, 0.2) is 11.6 Å². The smallest absolute Gasteiger partial charge is 0.247 e. The van der Waals surface area contributed by atoms with Gasteiger partial charge >= 0.3 is 0 Å². The lowest BCUT2D eigenvalue weighted by Gasteiger charge is -2.29. The standard InChI is InChI=1S/C18H35N3O5S/c1-12(2)8-9-15(18(23)20-24)16(10-13(3)4)17(22)19-21(11-14(5)6)27(7,25)26/h8,13-16,24H,9-11H2,1-7H3,(H,19,22)(H,20,23)/t15-,16?/m0/s1. The first kappa shape index (κ1) is 25.6. The second kappa shape index (κ2) is 11.4. The predicted molar refractivity (Wildman–Crippen MR) is 105 cm³/mol. The highest BCUT2D eigenvalue weighted by atomic mass is 32.2. The molecule has 0 aliphatic heterocycles. The van der Waals surface area contributed by atoms with Gasteiger partial charge in [-0.25, -0.2) is 13.9 Å². The fraction of sp³-hybridized carbons (Fsp3) is 0.778. The topological polar surface area (TPSA) is 116 Å². The zero-order chi connectivity index (χ0) is 21.4. The maximum atomic E-state index is 12.9. The van der Waals surface area contributed by atoms with Gasteiger partial charge in [0.25, 0.3) is 0 Å². The second-order valence-corrected chi connectivity index (χ2v) is 9.91. The van der Waals surface area contributed by atoms with Crippen molar-refractivity contribution in [3.05, 3.63) is 11.6 Å². The Morgan fingerprint density at radius 1 is 1.04 bits per heavy atom. The van der Waals surface area contributed by atoms with Crippen LogP contribution in [0, 0.1) is 23.7 Å². The van der Waals surface area contributed by atoms with Gasteiger partial charge in [-0.05, 0) is 38.5 Å². The van der Waals surface area contributed by atoms with E-state index in [0.29, 0.717) is 6.42 Å². The molecular formula is C18H35N3O5S. The molecule has 27 heavy (non-hydrogen) atoms. The molecule has 1 unspecified atom stereocenters. The number of amides is 2. The number of allylic oxidation sites excluding steroid dienone is 2. The monoisotopic (exact) mass is 405 g/mol. The van der Waals surface area contributed by atoms with Crippen molar-refractivity contribution in [3.8, 4) is 0 Å². The van der Waals surface area contributed by atoms with Gasteiger partial charge in [0.15, 0.2) is 0 Å². The number of hydrogen-bond donors (Lipinski definition) is 3. The van der Waals surface area contributed by atoms with Crippen LogP contribution in [0.2, 0.25) is 0 Å². The highest BCUT2D eigenvalue weighted by molar-refractivity contribution is 7.88. The van der Waals surface area contributed by atoms with E-state index in [9.17, 15) is 18.0 Å². The molecule has 0 heterocycles. The Labute approximate surface area is 163 Å². The van der Waals surface area contributed by atoms with Crippen molar-refractivity contribution in [3.63, 3.8) is 0 Å². The molecule has 0 radical (unpaired) electrons. The molecule has 0 saturated carbocycles. The summed E-state index contributed by atoms with van der Waals surface area (Å²) in [6.07, 6.45) is 3.49. The number of hydrogen-bond acceptors (Lipinski definition) is 5. The number of rotatable bonds is 11. The summed E-state index contributed by atoms with van der Waals surface area (Å²) in [5, 5.41) is 9.11. The Bertz CT molecular complexity index is 625. The zero-order valence-corrected chi connectivity index (χ0v) is 18.3. The minimum atomic E-state index is -3.65. The average Bonchev–Trinajstić information content (AvgIpc) is 2.50. The summed E-state index contributed by atoms with van der Waals surface area (Å²) in [5.41, 5.74) is 5.08.